The molecule has 0 radical (unpaired) electrons. The second-order valence-corrected chi connectivity index (χ2v) is 15.8. The minimum atomic E-state index is 0.928. The highest BCUT2D eigenvalue weighted by molar-refractivity contribution is 7.26. The Morgan fingerprint density at radius 3 is 1.52 bits per heavy atom. The lowest BCUT2D eigenvalue weighted by Crippen LogP contribution is -1.97. The fourth-order valence-electron chi connectivity index (χ4n) is 8.29. The number of hydrogen-bond acceptors (Lipinski definition) is 2. The summed E-state index contributed by atoms with van der Waals surface area (Å²) in [5, 5.41) is 2.54. The summed E-state index contributed by atoms with van der Waals surface area (Å²) in [6, 6.07) is 78.8. The van der Waals surface area contributed by atoms with E-state index in [0.29, 0.717) is 0 Å². The summed E-state index contributed by atoms with van der Waals surface area (Å²) in [5.41, 5.74) is 16.3. The average Bonchev–Trinajstić information content (AvgIpc) is 3.88. The third-order valence-electron chi connectivity index (χ3n) is 11.2. The van der Waals surface area contributed by atoms with Gasteiger partial charge in [0.15, 0.2) is 0 Å². The van der Waals surface area contributed by atoms with Crippen LogP contribution in [-0.2, 0) is 0 Å². The molecule has 0 aliphatic carbocycles. The first-order chi connectivity index (χ1) is 28.7. The van der Waals surface area contributed by atoms with Crippen LogP contribution >= 0.6 is 11.3 Å². The van der Waals surface area contributed by atoms with Crippen molar-refractivity contribution >= 4 is 42.5 Å². The highest BCUT2D eigenvalue weighted by Gasteiger charge is 2.18. The zero-order valence-corrected chi connectivity index (χ0v) is 32.4. The molecule has 9 aromatic carbocycles. The van der Waals surface area contributed by atoms with Crippen molar-refractivity contribution in [3.05, 3.63) is 218 Å². The van der Waals surface area contributed by atoms with Gasteiger partial charge in [-0.25, -0.2) is 4.98 Å². The molecule has 3 heteroatoms. The van der Waals surface area contributed by atoms with E-state index in [4.69, 9.17) is 4.98 Å². The summed E-state index contributed by atoms with van der Waals surface area (Å²) >= 11 is 1.88. The van der Waals surface area contributed by atoms with Crippen molar-refractivity contribution in [1.82, 2.24) is 9.55 Å². The zero-order chi connectivity index (χ0) is 38.4. The molecule has 272 valence electrons. The van der Waals surface area contributed by atoms with E-state index in [1.165, 1.54) is 75.8 Å². The Hall–Kier alpha value is -7.33. The number of aromatic nitrogens is 2. The Balaban J connectivity index is 1.08. The SMILES string of the molecule is c1ccc(-c2ccc(-c3ccc4sc5c(-c6cccc(-c7nc8ccccc8n7-c7ccccc7)c6)cc(-c6ccc(-c7ccccc7)cc6)cc5c4c3)cc2)cc1. The van der Waals surface area contributed by atoms with Gasteiger partial charge in [0.05, 0.1) is 11.0 Å². The lowest BCUT2D eigenvalue weighted by Gasteiger charge is -2.13. The smallest absolute Gasteiger partial charge is 0.145 e. The normalized spacial score (nSPS) is 11.4. The fourth-order valence-corrected chi connectivity index (χ4v) is 9.49. The van der Waals surface area contributed by atoms with Gasteiger partial charge in [-0.3, -0.25) is 4.57 Å². The van der Waals surface area contributed by atoms with Crippen LogP contribution in [0.3, 0.4) is 0 Å². The predicted octanol–water partition coefficient (Wildman–Crippen LogP) is 15.4. The number of hydrogen-bond donors (Lipinski definition) is 0. The molecule has 58 heavy (non-hydrogen) atoms. The lowest BCUT2D eigenvalue weighted by atomic mass is 9.93. The standard InChI is InChI=1S/C55H36N2S/c1-4-13-37(14-5-1)39-23-27-41(28-24-39)43-31-32-53-49(34-43)50-36-46(42-29-25-40(26-30-42)38-15-6-2-7-16-38)35-48(54(50)58-53)44-17-12-18-45(33-44)55-56-51-21-10-11-22-52(51)57(55)47-19-8-3-9-20-47/h1-36H. The van der Waals surface area contributed by atoms with Crippen molar-refractivity contribution in [3.8, 4) is 72.7 Å². The van der Waals surface area contributed by atoms with E-state index in [2.05, 4.69) is 223 Å². The van der Waals surface area contributed by atoms with Crippen LogP contribution in [0, 0.1) is 0 Å². The third kappa shape index (κ3) is 6.10. The first kappa shape index (κ1) is 34.0. The number of rotatable bonds is 7. The van der Waals surface area contributed by atoms with E-state index in [9.17, 15) is 0 Å². The maximum Gasteiger partial charge on any atom is 0.145 e. The van der Waals surface area contributed by atoms with Gasteiger partial charge in [-0.05, 0) is 105 Å². The molecule has 0 saturated heterocycles. The predicted molar refractivity (Wildman–Crippen MR) is 247 cm³/mol. The maximum absolute atomic E-state index is 5.22. The Morgan fingerprint density at radius 1 is 0.345 bits per heavy atom. The molecule has 11 aromatic rings. The van der Waals surface area contributed by atoms with Crippen molar-refractivity contribution in [1.29, 1.82) is 0 Å². The first-order valence-electron chi connectivity index (χ1n) is 19.7. The quantitative estimate of drug-likeness (QED) is 0.158. The molecule has 0 spiro atoms. The summed E-state index contributed by atoms with van der Waals surface area (Å²) in [5.74, 6) is 0.928. The largest absolute Gasteiger partial charge is 0.292 e. The molecule has 0 bridgehead atoms. The zero-order valence-electron chi connectivity index (χ0n) is 31.6. The lowest BCUT2D eigenvalue weighted by molar-refractivity contribution is 1.10. The second kappa shape index (κ2) is 14.3. The number of fused-ring (bicyclic) bond motifs is 4. The number of para-hydroxylation sites is 3. The van der Waals surface area contributed by atoms with Gasteiger partial charge < -0.3 is 0 Å². The van der Waals surface area contributed by atoms with Crippen LogP contribution in [0.15, 0.2) is 218 Å². The van der Waals surface area contributed by atoms with Crippen molar-refractivity contribution in [2.75, 3.05) is 0 Å². The first-order valence-corrected chi connectivity index (χ1v) is 20.5. The van der Waals surface area contributed by atoms with Gasteiger partial charge in [0.2, 0.25) is 0 Å². The Morgan fingerprint density at radius 2 is 0.845 bits per heavy atom. The molecule has 0 fully saturated rings. The second-order valence-electron chi connectivity index (χ2n) is 14.8. The molecular formula is C55H36N2S. The van der Waals surface area contributed by atoms with Crippen LogP contribution < -0.4 is 0 Å². The summed E-state index contributed by atoms with van der Waals surface area (Å²) in [7, 11) is 0. The average molecular weight is 757 g/mol. The summed E-state index contributed by atoms with van der Waals surface area (Å²) < 4.78 is 4.84. The van der Waals surface area contributed by atoms with Gasteiger partial charge in [0.25, 0.3) is 0 Å². The Bertz CT molecular complexity index is 3230. The van der Waals surface area contributed by atoms with E-state index in [0.717, 1.165) is 28.1 Å². The van der Waals surface area contributed by atoms with E-state index >= 15 is 0 Å². The number of nitrogens with zero attached hydrogens (tertiary/aromatic N) is 2. The summed E-state index contributed by atoms with van der Waals surface area (Å²) in [6.07, 6.45) is 0. The third-order valence-corrected chi connectivity index (χ3v) is 12.4. The molecule has 0 N–H and O–H groups in total. The molecule has 0 atom stereocenters. The van der Waals surface area contributed by atoms with Gasteiger partial charge in [-0.2, -0.15) is 0 Å². The molecule has 2 aromatic heterocycles. The van der Waals surface area contributed by atoms with Gasteiger partial charge in [0.1, 0.15) is 5.82 Å². The van der Waals surface area contributed by atoms with Crippen LogP contribution in [0.4, 0.5) is 0 Å². The number of benzene rings is 9. The minimum Gasteiger partial charge on any atom is -0.292 e. The molecule has 2 heterocycles. The van der Waals surface area contributed by atoms with Crippen LogP contribution in [0.1, 0.15) is 0 Å². The van der Waals surface area contributed by atoms with Crippen molar-refractivity contribution in [3.63, 3.8) is 0 Å². The van der Waals surface area contributed by atoms with E-state index in [-0.39, 0.29) is 0 Å². The molecule has 2 nitrogen and oxygen atoms in total. The van der Waals surface area contributed by atoms with Gasteiger partial charge >= 0.3 is 0 Å². The Kier molecular flexibility index (Phi) is 8.38. The maximum atomic E-state index is 5.22. The van der Waals surface area contributed by atoms with Crippen molar-refractivity contribution in [2.45, 2.75) is 0 Å². The minimum absolute atomic E-state index is 0.928. The molecule has 0 amide bonds. The van der Waals surface area contributed by atoms with Crippen LogP contribution in [0.25, 0.3) is 104 Å². The van der Waals surface area contributed by atoms with E-state index < -0.39 is 0 Å². The molecule has 0 saturated carbocycles. The van der Waals surface area contributed by atoms with E-state index in [1.807, 2.05) is 11.3 Å². The fraction of sp³-hybridized carbons (Fsp3) is 0. The number of imidazole rings is 1. The van der Waals surface area contributed by atoms with Crippen LogP contribution in [0.5, 0.6) is 0 Å². The molecular weight excluding hydrogens is 721 g/mol. The van der Waals surface area contributed by atoms with Crippen LogP contribution in [0.2, 0.25) is 0 Å². The molecule has 0 aliphatic heterocycles. The van der Waals surface area contributed by atoms with Gasteiger partial charge in [-0.1, -0.05) is 164 Å². The topological polar surface area (TPSA) is 17.8 Å². The van der Waals surface area contributed by atoms with Crippen LogP contribution in [-0.4, -0.2) is 9.55 Å². The number of thiophene rings is 1. The van der Waals surface area contributed by atoms with Gasteiger partial charge in [-0.15, -0.1) is 11.3 Å². The van der Waals surface area contributed by atoms with Crippen molar-refractivity contribution in [2.24, 2.45) is 0 Å². The molecule has 0 aliphatic rings. The highest BCUT2D eigenvalue weighted by Crippen LogP contribution is 2.45. The monoisotopic (exact) mass is 756 g/mol. The molecule has 11 rings (SSSR count). The Labute approximate surface area is 341 Å². The van der Waals surface area contributed by atoms with E-state index in [1.54, 1.807) is 0 Å². The van der Waals surface area contributed by atoms with Crippen molar-refractivity contribution < 1.29 is 0 Å². The summed E-state index contributed by atoms with van der Waals surface area (Å²) in [6.45, 7) is 0. The molecule has 0 unspecified atom stereocenters. The summed E-state index contributed by atoms with van der Waals surface area (Å²) in [4.78, 5) is 5.22. The van der Waals surface area contributed by atoms with Gasteiger partial charge in [0, 0.05) is 37.0 Å². The highest BCUT2D eigenvalue weighted by atomic mass is 32.1.